The van der Waals surface area contributed by atoms with E-state index in [2.05, 4.69) is 5.32 Å². The fourth-order valence-electron chi connectivity index (χ4n) is 1.49. The van der Waals surface area contributed by atoms with E-state index in [4.69, 9.17) is 16.3 Å². The Morgan fingerprint density at radius 2 is 1.78 bits per heavy atom. The van der Waals surface area contributed by atoms with Gasteiger partial charge in [-0.25, -0.2) is 4.39 Å². The first-order valence-corrected chi connectivity index (χ1v) is 6.00. The van der Waals surface area contributed by atoms with Crippen molar-refractivity contribution in [3.8, 4) is 5.75 Å². The molecule has 0 bridgehead atoms. The molecule has 0 saturated carbocycles. The van der Waals surface area contributed by atoms with Gasteiger partial charge in [0.25, 0.3) is 0 Å². The number of para-hydroxylation sites is 1. The lowest BCUT2D eigenvalue weighted by atomic mass is 10.3. The monoisotopic (exact) mass is 265 g/mol. The Balaban J connectivity index is 1.76. The quantitative estimate of drug-likeness (QED) is 0.826. The van der Waals surface area contributed by atoms with E-state index < -0.39 is 0 Å². The SMILES string of the molecule is Fc1ccccc1NCCOc1ccc(Cl)cc1. The molecule has 0 fully saturated rings. The molecule has 1 N–H and O–H groups in total. The van der Waals surface area contributed by atoms with Gasteiger partial charge in [0.05, 0.1) is 5.69 Å². The summed E-state index contributed by atoms with van der Waals surface area (Å²) in [6.07, 6.45) is 0. The van der Waals surface area contributed by atoms with Crippen LogP contribution in [0.15, 0.2) is 48.5 Å². The Morgan fingerprint density at radius 3 is 2.50 bits per heavy atom. The van der Waals surface area contributed by atoms with E-state index in [1.807, 2.05) is 0 Å². The maximum absolute atomic E-state index is 13.3. The van der Waals surface area contributed by atoms with Gasteiger partial charge in [0.15, 0.2) is 0 Å². The molecule has 0 saturated heterocycles. The lowest BCUT2D eigenvalue weighted by Gasteiger charge is -2.09. The van der Waals surface area contributed by atoms with Crippen LogP contribution < -0.4 is 10.1 Å². The van der Waals surface area contributed by atoms with Gasteiger partial charge < -0.3 is 10.1 Å². The van der Waals surface area contributed by atoms with E-state index in [-0.39, 0.29) is 5.82 Å². The zero-order valence-corrected chi connectivity index (χ0v) is 10.5. The Labute approximate surface area is 110 Å². The maximum Gasteiger partial charge on any atom is 0.146 e. The smallest absolute Gasteiger partial charge is 0.146 e. The highest BCUT2D eigenvalue weighted by molar-refractivity contribution is 6.30. The average molecular weight is 266 g/mol. The minimum absolute atomic E-state index is 0.260. The number of rotatable bonds is 5. The van der Waals surface area contributed by atoms with E-state index in [1.165, 1.54) is 6.07 Å². The summed E-state index contributed by atoms with van der Waals surface area (Å²) >= 11 is 5.76. The standard InChI is InChI=1S/C14H13ClFNO/c15-11-5-7-12(8-6-11)18-10-9-17-14-4-2-1-3-13(14)16/h1-8,17H,9-10H2. The fourth-order valence-corrected chi connectivity index (χ4v) is 1.62. The van der Waals surface area contributed by atoms with Crippen LogP contribution >= 0.6 is 11.6 Å². The van der Waals surface area contributed by atoms with Crippen LogP contribution in [0.1, 0.15) is 0 Å². The fraction of sp³-hybridized carbons (Fsp3) is 0.143. The first-order chi connectivity index (χ1) is 8.75. The molecule has 0 unspecified atom stereocenters. The van der Waals surface area contributed by atoms with Crippen molar-refractivity contribution >= 4 is 17.3 Å². The molecule has 4 heteroatoms. The highest BCUT2D eigenvalue weighted by atomic mass is 35.5. The van der Waals surface area contributed by atoms with Gasteiger partial charge in [0, 0.05) is 11.6 Å². The third-order valence-electron chi connectivity index (χ3n) is 2.37. The van der Waals surface area contributed by atoms with Gasteiger partial charge in [-0.3, -0.25) is 0 Å². The Kier molecular flexibility index (Phi) is 4.42. The summed E-state index contributed by atoms with van der Waals surface area (Å²) in [4.78, 5) is 0. The highest BCUT2D eigenvalue weighted by Gasteiger charge is 1.99. The van der Waals surface area contributed by atoms with Gasteiger partial charge in [0.1, 0.15) is 18.2 Å². The number of nitrogens with one attached hydrogen (secondary N) is 1. The lowest BCUT2D eigenvalue weighted by molar-refractivity contribution is 0.332. The number of anilines is 1. The van der Waals surface area contributed by atoms with Crippen LogP contribution in [0.3, 0.4) is 0 Å². The zero-order valence-electron chi connectivity index (χ0n) is 9.70. The molecular formula is C14H13ClFNO. The van der Waals surface area contributed by atoms with Crippen LogP contribution in [0, 0.1) is 5.82 Å². The molecule has 0 radical (unpaired) electrons. The molecule has 0 atom stereocenters. The minimum atomic E-state index is -0.260. The Bertz CT molecular complexity index is 501. The summed E-state index contributed by atoms with van der Waals surface area (Å²) in [6, 6.07) is 13.7. The third kappa shape index (κ3) is 3.64. The number of benzene rings is 2. The van der Waals surface area contributed by atoms with Gasteiger partial charge in [-0.2, -0.15) is 0 Å². The number of halogens is 2. The van der Waals surface area contributed by atoms with Gasteiger partial charge in [0.2, 0.25) is 0 Å². The first-order valence-electron chi connectivity index (χ1n) is 5.62. The van der Waals surface area contributed by atoms with E-state index in [0.717, 1.165) is 5.75 Å². The lowest BCUT2D eigenvalue weighted by Crippen LogP contribution is -2.12. The molecule has 0 aliphatic carbocycles. The van der Waals surface area contributed by atoms with Gasteiger partial charge in [-0.15, -0.1) is 0 Å². The molecule has 2 rings (SSSR count). The molecule has 0 aromatic heterocycles. The van der Waals surface area contributed by atoms with Crippen molar-refractivity contribution in [2.24, 2.45) is 0 Å². The van der Waals surface area contributed by atoms with Crippen LogP contribution in [0.2, 0.25) is 5.02 Å². The van der Waals surface area contributed by atoms with Crippen molar-refractivity contribution in [2.45, 2.75) is 0 Å². The number of hydrogen-bond acceptors (Lipinski definition) is 2. The molecule has 94 valence electrons. The first kappa shape index (κ1) is 12.7. The molecule has 0 amide bonds. The molecule has 0 aliphatic heterocycles. The summed E-state index contributed by atoms with van der Waals surface area (Å²) < 4.78 is 18.7. The predicted octanol–water partition coefficient (Wildman–Crippen LogP) is 3.97. The number of ether oxygens (including phenoxy) is 1. The molecule has 0 spiro atoms. The normalized spacial score (nSPS) is 10.1. The summed E-state index contributed by atoms with van der Waals surface area (Å²) in [5.74, 6) is 0.485. The maximum atomic E-state index is 13.3. The van der Waals surface area contributed by atoms with Crippen molar-refractivity contribution in [1.82, 2.24) is 0 Å². The van der Waals surface area contributed by atoms with E-state index in [9.17, 15) is 4.39 Å². The zero-order chi connectivity index (χ0) is 12.8. The van der Waals surface area contributed by atoms with Crippen molar-refractivity contribution in [3.05, 3.63) is 59.4 Å². The molecular weight excluding hydrogens is 253 g/mol. The summed E-state index contributed by atoms with van der Waals surface area (Å²) in [5, 5.41) is 3.64. The van der Waals surface area contributed by atoms with E-state index in [1.54, 1.807) is 42.5 Å². The molecule has 0 heterocycles. The van der Waals surface area contributed by atoms with Crippen molar-refractivity contribution < 1.29 is 9.13 Å². The topological polar surface area (TPSA) is 21.3 Å². The van der Waals surface area contributed by atoms with E-state index in [0.29, 0.717) is 23.9 Å². The number of hydrogen-bond donors (Lipinski definition) is 1. The minimum Gasteiger partial charge on any atom is -0.492 e. The average Bonchev–Trinajstić information content (AvgIpc) is 2.39. The summed E-state index contributed by atoms with van der Waals surface area (Å²) in [5.41, 5.74) is 0.484. The van der Waals surface area contributed by atoms with Gasteiger partial charge in [-0.05, 0) is 36.4 Å². The van der Waals surface area contributed by atoms with Crippen LogP contribution in [0.5, 0.6) is 5.75 Å². The second-order valence-corrected chi connectivity index (χ2v) is 4.15. The molecule has 2 aromatic rings. The summed E-state index contributed by atoms with van der Waals surface area (Å²) in [6.45, 7) is 0.986. The van der Waals surface area contributed by atoms with Crippen LogP contribution in [0.4, 0.5) is 10.1 Å². The molecule has 0 aliphatic rings. The predicted molar refractivity (Wildman–Crippen MR) is 71.8 cm³/mol. The van der Waals surface area contributed by atoms with Crippen molar-refractivity contribution in [3.63, 3.8) is 0 Å². The van der Waals surface area contributed by atoms with Crippen molar-refractivity contribution in [2.75, 3.05) is 18.5 Å². The molecule has 18 heavy (non-hydrogen) atoms. The summed E-state index contributed by atoms with van der Waals surface area (Å²) in [7, 11) is 0. The second-order valence-electron chi connectivity index (χ2n) is 3.71. The Morgan fingerprint density at radius 1 is 1.06 bits per heavy atom. The Hall–Kier alpha value is -1.74. The largest absolute Gasteiger partial charge is 0.492 e. The van der Waals surface area contributed by atoms with Crippen LogP contribution in [-0.2, 0) is 0 Å². The van der Waals surface area contributed by atoms with Crippen molar-refractivity contribution in [1.29, 1.82) is 0 Å². The molecule has 2 nitrogen and oxygen atoms in total. The van der Waals surface area contributed by atoms with Crippen LogP contribution in [0.25, 0.3) is 0 Å². The van der Waals surface area contributed by atoms with Gasteiger partial charge >= 0.3 is 0 Å². The molecule has 2 aromatic carbocycles. The van der Waals surface area contributed by atoms with Crippen LogP contribution in [-0.4, -0.2) is 13.2 Å². The highest BCUT2D eigenvalue weighted by Crippen LogP contribution is 2.15. The third-order valence-corrected chi connectivity index (χ3v) is 2.63. The van der Waals surface area contributed by atoms with Gasteiger partial charge in [-0.1, -0.05) is 23.7 Å². The second kappa shape index (κ2) is 6.26. The van der Waals surface area contributed by atoms with E-state index >= 15 is 0 Å².